The summed E-state index contributed by atoms with van der Waals surface area (Å²) in [6.45, 7) is 10.7. The number of sulfonamides is 1. The molecule has 2 N–H and O–H groups in total. The van der Waals surface area contributed by atoms with Crippen molar-refractivity contribution in [3.05, 3.63) is 47.2 Å². The van der Waals surface area contributed by atoms with Crippen LogP contribution in [0.25, 0.3) is 10.8 Å². The number of rotatable bonds is 9. The number of carboxylic acid groups (broad SMARTS) is 1. The smallest absolute Gasteiger partial charge is 0.265 e. The fourth-order valence-electron chi connectivity index (χ4n) is 10.1. The minimum absolute atomic E-state index is 0.211. The molecule has 2 bridgehead atoms. The number of carboxylic acids is 1. The van der Waals surface area contributed by atoms with Crippen LogP contribution in [0.3, 0.4) is 0 Å². The van der Waals surface area contributed by atoms with Gasteiger partial charge in [-0.3, -0.25) is 9.10 Å². The highest BCUT2D eigenvalue weighted by Crippen LogP contribution is 2.55. The van der Waals surface area contributed by atoms with Crippen LogP contribution in [0.1, 0.15) is 38.2 Å². The SMILES string of the molecule is CC(O)C1C(=O)N2C(C(=O)[O-])=C3C(CCCC3N3c4cccc5c(CC[N+]67CC[N+](CCCO)(CC6)CC7)ccc(c45)S3(=O)=O)C12. The van der Waals surface area contributed by atoms with E-state index in [0.29, 0.717) is 35.9 Å². The molecule has 6 heterocycles. The zero-order valence-corrected chi connectivity index (χ0v) is 27.1. The number of carbonyl (C=O) groups is 2. The fourth-order valence-corrected chi connectivity index (χ4v) is 12.0. The number of hydrogen-bond donors (Lipinski definition) is 2. The standard InChI is InChI=1S/C34H43N4O7S/c1-21(40)28-31-24-6-3-8-26(30(24)32(34(42)43)35(31)33(28)41)36-25-7-2-5-23-22(9-10-27(29(23)25)46(36,44)45)11-13-38-17-14-37(15-18-38,16-19-38)12-4-20-39/h2,5,7,9-10,21,24,26,28,31,39-40H,3-4,6,8,11-20H2,1H3/q+1. The van der Waals surface area contributed by atoms with Crippen molar-refractivity contribution >= 4 is 38.4 Å². The van der Waals surface area contributed by atoms with Crippen molar-refractivity contribution in [3.63, 3.8) is 0 Å². The van der Waals surface area contributed by atoms with Crippen molar-refractivity contribution in [3.8, 4) is 0 Å². The van der Waals surface area contributed by atoms with E-state index in [-0.39, 0.29) is 23.1 Å². The highest BCUT2D eigenvalue weighted by Gasteiger charge is 2.62. The Kier molecular flexibility index (Phi) is 6.91. The number of amides is 1. The van der Waals surface area contributed by atoms with Crippen LogP contribution >= 0.6 is 0 Å². The predicted octanol–water partition coefficient (Wildman–Crippen LogP) is 0.328. The van der Waals surface area contributed by atoms with Crippen molar-refractivity contribution in [2.45, 2.75) is 62.1 Å². The second-order valence-corrected chi connectivity index (χ2v) is 16.4. The van der Waals surface area contributed by atoms with E-state index in [9.17, 15) is 33.3 Å². The largest absolute Gasteiger partial charge is 0.543 e. The van der Waals surface area contributed by atoms with E-state index in [1.165, 1.54) is 9.21 Å². The maximum absolute atomic E-state index is 14.4. The van der Waals surface area contributed by atoms with Gasteiger partial charge in [-0.2, -0.15) is 0 Å². The maximum atomic E-state index is 14.4. The molecular weight excluding hydrogens is 608 g/mol. The van der Waals surface area contributed by atoms with Gasteiger partial charge in [0, 0.05) is 30.8 Å². The summed E-state index contributed by atoms with van der Waals surface area (Å²) in [4.78, 5) is 27.1. The molecule has 5 atom stereocenters. The van der Waals surface area contributed by atoms with Crippen LogP contribution in [0.2, 0.25) is 0 Å². The van der Waals surface area contributed by atoms with Gasteiger partial charge in [0.1, 0.15) is 39.3 Å². The van der Waals surface area contributed by atoms with E-state index < -0.39 is 46.0 Å². The first-order valence-corrected chi connectivity index (χ1v) is 18.3. The highest BCUT2D eigenvalue weighted by molar-refractivity contribution is 7.93. The molecule has 1 aliphatic carbocycles. The summed E-state index contributed by atoms with van der Waals surface area (Å²) in [5, 5.41) is 33.9. The van der Waals surface area contributed by atoms with E-state index in [1.54, 1.807) is 13.0 Å². The van der Waals surface area contributed by atoms with E-state index in [1.807, 2.05) is 24.3 Å². The molecule has 0 spiro atoms. The van der Waals surface area contributed by atoms with Crippen molar-refractivity contribution in [2.75, 3.05) is 63.3 Å². The summed E-state index contributed by atoms with van der Waals surface area (Å²) in [5.41, 5.74) is 1.91. The van der Waals surface area contributed by atoms with Crippen LogP contribution in [0, 0.1) is 11.8 Å². The summed E-state index contributed by atoms with van der Waals surface area (Å²) in [5.74, 6) is -2.98. The molecule has 11 nitrogen and oxygen atoms in total. The third-order valence-corrected chi connectivity index (χ3v) is 14.4. The molecule has 5 fully saturated rings. The second-order valence-electron chi connectivity index (χ2n) is 14.6. The van der Waals surface area contributed by atoms with Gasteiger partial charge in [0.05, 0.1) is 59.4 Å². The number of carbonyl (C=O) groups excluding carboxylic acids is 2. The monoisotopic (exact) mass is 651 g/mol. The number of piperazine rings is 3. The molecule has 7 aliphatic rings. The summed E-state index contributed by atoms with van der Waals surface area (Å²) >= 11 is 0. The van der Waals surface area contributed by atoms with Crippen LogP contribution < -0.4 is 9.41 Å². The van der Waals surface area contributed by atoms with Gasteiger partial charge in [-0.25, -0.2) is 8.42 Å². The van der Waals surface area contributed by atoms with Gasteiger partial charge < -0.3 is 34.0 Å². The van der Waals surface area contributed by atoms with Crippen molar-refractivity contribution in [1.82, 2.24) is 4.90 Å². The van der Waals surface area contributed by atoms with E-state index in [4.69, 9.17) is 0 Å². The minimum atomic E-state index is -4.01. The summed E-state index contributed by atoms with van der Waals surface area (Å²) in [6, 6.07) is 8.14. The number of anilines is 1. The first kappa shape index (κ1) is 30.3. The number of nitrogens with zero attached hydrogens (tertiary/aromatic N) is 4. The van der Waals surface area contributed by atoms with Crippen molar-refractivity contribution in [1.29, 1.82) is 0 Å². The molecular formula is C34H43N4O7S+. The van der Waals surface area contributed by atoms with Crippen LogP contribution in [0.4, 0.5) is 5.69 Å². The first-order valence-electron chi connectivity index (χ1n) is 16.9. The number of aliphatic hydroxyl groups excluding tert-OH is 2. The van der Waals surface area contributed by atoms with E-state index in [0.717, 1.165) is 85.1 Å². The van der Waals surface area contributed by atoms with Crippen LogP contribution in [-0.4, -0.2) is 122 Å². The lowest BCUT2D eigenvalue weighted by atomic mass is 9.71. The molecule has 46 heavy (non-hydrogen) atoms. The van der Waals surface area contributed by atoms with Gasteiger partial charge in [-0.1, -0.05) is 24.6 Å². The molecule has 2 aromatic rings. The highest BCUT2D eigenvalue weighted by atomic mass is 32.2. The Balaban J connectivity index is 1.13. The third-order valence-electron chi connectivity index (χ3n) is 12.5. The van der Waals surface area contributed by atoms with Crippen molar-refractivity contribution < 1.29 is 42.3 Å². The Bertz CT molecular complexity index is 1760. The molecule has 4 saturated heterocycles. The van der Waals surface area contributed by atoms with Gasteiger partial charge in [-0.15, -0.1) is 0 Å². The normalized spacial score (nSPS) is 34.5. The average molecular weight is 652 g/mol. The fraction of sp³-hybridized carbons (Fsp3) is 0.588. The topological polar surface area (TPSA) is 138 Å². The summed E-state index contributed by atoms with van der Waals surface area (Å²) in [7, 11) is -4.01. The number of benzene rings is 2. The lowest BCUT2D eigenvalue weighted by Crippen LogP contribution is -2.75. The van der Waals surface area contributed by atoms with Gasteiger partial charge in [-0.05, 0) is 48.4 Å². The Labute approximate surface area is 269 Å². The molecule has 9 rings (SSSR count). The third kappa shape index (κ3) is 4.12. The molecule has 12 heteroatoms. The number of β-lactam (4-membered cyclic amide) rings is 1. The quantitative estimate of drug-likeness (QED) is 0.295. The van der Waals surface area contributed by atoms with Gasteiger partial charge in [0.15, 0.2) is 0 Å². The lowest BCUT2D eigenvalue weighted by molar-refractivity contribution is -1.08. The van der Waals surface area contributed by atoms with Crippen LogP contribution in [0.5, 0.6) is 0 Å². The lowest BCUT2D eigenvalue weighted by Gasteiger charge is -2.55. The van der Waals surface area contributed by atoms with Gasteiger partial charge in [0.2, 0.25) is 5.91 Å². The van der Waals surface area contributed by atoms with E-state index >= 15 is 0 Å². The molecule has 5 unspecified atom stereocenters. The van der Waals surface area contributed by atoms with Crippen LogP contribution in [-0.2, 0) is 26.0 Å². The average Bonchev–Trinajstić information content (AvgIpc) is 3.47. The second kappa shape index (κ2) is 10.5. The Hall–Kier alpha value is -3.03. The van der Waals surface area contributed by atoms with Crippen LogP contribution in [0.15, 0.2) is 46.5 Å². The molecule has 1 amide bonds. The summed E-state index contributed by atoms with van der Waals surface area (Å²) in [6.07, 6.45) is 2.49. The van der Waals surface area contributed by atoms with E-state index in [2.05, 4.69) is 0 Å². The van der Waals surface area contributed by atoms with Crippen molar-refractivity contribution in [2.24, 2.45) is 11.8 Å². The predicted molar refractivity (Wildman–Crippen MR) is 167 cm³/mol. The zero-order chi connectivity index (χ0) is 32.2. The molecule has 2 aromatic carbocycles. The Morgan fingerprint density at radius 2 is 1.74 bits per heavy atom. The first-order chi connectivity index (χ1) is 22.0. The Morgan fingerprint density at radius 1 is 1.04 bits per heavy atom. The number of quaternary nitrogens is 2. The minimum Gasteiger partial charge on any atom is -0.543 e. The molecule has 246 valence electrons. The number of aliphatic carboxylic acids is 1. The number of hydrogen-bond acceptors (Lipinski definition) is 7. The molecule has 0 radical (unpaired) electrons. The van der Waals surface area contributed by atoms with Gasteiger partial charge in [0.25, 0.3) is 10.0 Å². The number of fused-ring (bicyclic) bond motifs is 6. The summed E-state index contributed by atoms with van der Waals surface area (Å²) < 4.78 is 32.4. The van der Waals surface area contributed by atoms with Gasteiger partial charge >= 0.3 is 0 Å². The maximum Gasteiger partial charge on any atom is 0.265 e. The zero-order valence-electron chi connectivity index (χ0n) is 26.3. The number of aliphatic hydroxyl groups is 2. The Morgan fingerprint density at radius 3 is 2.39 bits per heavy atom. The molecule has 6 aliphatic heterocycles. The molecule has 0 aromatic heterocycles. The molecule has 1 saturated carbocycles.